The van der Waals surface area contributed by atoms with Gasteiger partial charge in [-0.25, -0.2) is 0 Å². The molecule has 0 aromatic carbocycles. The highest BCUT2D eigenvalue weighted by atomic mass is 16.6. The summed E-state index contributed by atoms with van der Waals surface area (Å²) >= 11 is 0. The molecule has 0 aliphatic carbocycles. The smallest absolute Gasteiger partial charge is 0.313 e. The van der Waals surface area contributed by atoms with Crippen LogP contribution in [0, 0.1) is 11.3 Å². The van der Waals surface area contributed by atoms with Crippen molar-refractivity contribution in [2.75, 3.05) is 39.6 Å². The van der Waals surface area contributed by atoms with E-state index < -0.39 is 17.9 Å². The van der Waals surface area contributed by atoms with Crippen molar-refractivity contribution in [1.29, 1.82) is 0 Å². The van der Waals surface area contributed by atoms with Crippen LogP contribution in [0.25, 0.3) is 0 Å². The van der Waals surface area contributed by atoms with Crippen molar-refractivity contribution in [3.05, 3.63) is 11.6 Å². The minimum Gasteiger partial charge on any atom is -0.463 e. The van der Waals surface area contributed by atoms with Crippen molar-refractivity contribution in [3.8, 4) is 0 Å². The third-order valence-electron chi connectivity index (χ3n) is 4.23. The van der Waals surface area contributed by atoms with Crippen LogP contribution in [-0.2, 0) is 28.5 Å². The van der Waals surface area contributed by atoms with E-state index in [1.807, 2.05) is 13.0 Å². The number of ether oxygens (including phenoxy) is 4. The minimum atomic E-state index is -0.656. The molecule has 0 aromatic rings. The summed E-state index contributed by atoms with van der Waals surface area (Å²) in [6.45, 7) is 15.0. The van der Waals surface area contributed by atoms with Gasteiger partial charge in [-0.2, -0.15) is 0 Å². The van der Waals surface area contributed by atoms with Crippen molar-refractivity contribution in [2.45, 2.75) is 80.1 Å². The highest BCUT2D eigenvalue weighted by Gasteiger charge is 2.23. The van der Waals surface area contributed by atoms with Crippen LogP contribution < -0.4 is 0 Å². The Balaban J connectivity index is 4.65. The number of rotatable bonds is 17. The second kappa shape index (κ2) is 17.3. The molecule has 176 valence electrons. The third-order valence-corrected chi connectivity index (χ3v) is 4.23. The average Bonchev–Trinajstić information content (AvgIpc) is 2.65. The van der Waals surface area contributed by atoms with Crippen molar-refractivity contribution >= 4 is 11.9 Å². The molecule has 0 aliphatic heterocycles. The Bertz CT molecular complexity index is 492. The summed E-state index contributed by atoms with van der Waals surface area (Å²) in [5.74, 6) is -1.50. The molecule has 30 heavy (non-hydrogen) atoms. The highest BCUT2D eigenvalue weighted by molar-refractivity contribution is 5.81. The first-order valence-electron chi connectivity index (χ1n) is 11.3. The third kappa shape index (κ3) is 17.5. The maximum Gasteiger partial charge on any atom is 0.313 e. The lowest BCUT2D eigenvalue weighted by Crippen LogP contribution is -2.23. The maximum atomic E-state index is 12.6. The van der Waals surface area contributed by atoms with Crippen LogP contribution in [0.5, 0.6) is 0 Å². The van der Waals surface area contributed by atoms with E-state index in [4.69, 9.17) is 18.9 Å². The summed E-state index contributed by atoms with van der Waals surface area (Å²) < 4.78 is 21.4. The van der Waals surface area contributed by atoms with Gasteiger partial charge in [-0.05, 0) is 31.6 Å². The summed E-state index contributed by atoms with van der Waals surface area (Å²) in [6.07, 6.45) is 6.73. The molecule has 0 saturated carbocycles. The topological polar surface area (TPSA) is 71.1 Å². The number of esters is 2. The van der Waals surface area contributed by atoms with E-state index in [-0.39, 0.29) is 25.0 Å². The Morgan fingerprint density at radius 2 is 1.37 bits per heavy atom. The summed E-state index contributed by atoms with van der Waals surface area (Å²) in [5, 5.41) is 0. The monoisotopic (exact) mass is 428 g/mol. The molecule has 0 saturated heterocycles. The first kappa shape index (κ1) is 28.6. The first-order valence-corrected chi connectivity index (χ1v) is 11.3. The van der Waals surface area contributed by atoms with E-state index in [2.05, 4.69) is 34.6 Å². The lowest BCUT2D eigenvalue weighted by Gasteiger charge is -2.20. The molecular formula is C24H44O6. The minimum absolute atomic E-state index is 0.0357. The van der Waals surface area contributed by atoms with Gasteiger partial charge in [-0.1, -0.05) is 59.1 Å². The second-order valence-corrected chi connectivity index (χ2v) is 8.88. The summed E-state index contributed by atoms with van der Waals surface area (Å²) in [5.41, 5.74) is 1.15. The summed E-state index contributed by atoms with van der Waals surface area (Å²) in [4.78, 5) is 24.8. The van der Waals surface area contributed by atoms with Crippen molar-refractivity contribution in [1.82, 2.24) is 0 Å². The molecule has 0 unspecified atom stereocenters. The van der Waals surface area contributed by atoms with Crippen LogP contribution in [0.4, 0.5) is 0 Å². The Labute approximate surface area is 183 Å². The number of hydrogen-bond acceptors (Lipinski definition) is 6. The molecule has 6 heteroatoms. The molecule has 6 nitrogen and oxygen atoms in total. The van der Waals surface area contributed by atoms with Gasteiger partial charge in [0.05, 0.1) is 25.6 Å². The fraction of sp³-hybridized carbons (Fsp3) is 0.833. The number of unbranched alkanes of at least 4 members (excludes halogenated alkanes) is 2. The van der Waals surface area contributed by atoms with Gasteiger partial charge in [-0.15, -0.1) is 0 Å². The van der Waals surface area contributed by atoms with Crippen LogP contribution >= 0.6 is 0 Å². The van der Waals surface area contributed by atoms with E-state index in [1.54, 1.807) is 0 Å². The Morgan fingerprint density at radius 3 is 1.87 bits per heavy atom. The number of allylic oxidation sites excluding steroid dienone is 1. The van der Waals surface area contributed by atoms with Crippen LogP contribution in [0.2, 0.25) is 0 Å². The number of carbonyl (C=O) groups is 2. The van der Waals surface area contributed by atoms with Gasteiger partial charge in [0.25, 0.3) is 0 Å². The molecule has 1 atom stereocenters. The zero-order valence-corrected chi connectivity index (χ0v) is 20.1. The van der Waals surface area contributed by atoms with Crippen LogP contribution in [0.1, 0.15) is 80.1 Å². The largest absolute Gasteiger partial charge is 0.463 e. The van der Waals surface area contributed by atoms with E-state index >= 15 is 0 Å². The van der Waals surface area contributed by atoms with Gasteiger partial charge in [0.2, 0.25) is 0 Å². The maximum absolute atomic E-state index is 12.6. The molecule has 0 N–H and O–H groups in total. The van der Waals surface area contributed by atoms with Gasteiger partial charge < -0.3 is 18.9 Å². The average molecular weight is 429 g/mol. The molecule has 0 radical (unpaired) electrons. The van der Waals surface area contributed by atoms with Gasteiger partial charge in [-0.3, -0.25) is 9.59 Å². The van der Waals surface area contributed by atoms with E-state index in [9.17, 15) is 9.59 Å². The van der Waals surface area contributed by atoms with E-state index in [0.717, 1.165) is 37.7 Å². The second-order valence-electron chi connectivity index (χ2n) is 8.88. The number of hydrogen-bond donors (Lipinski definition) is 0. The fourth-order valence-corrected chi connectivity index (χ4v) is 2.91. The molecule has 0 heterocycles. The molecule has 0 fully saturated rings. The molecule has 0 amide bonds. The molecule has 0 rings (SSSR count). The Morgan fingerprint density at radius 1 is 0.833 bits per heavy atom. The standard InChI is InChI=1S/C24H44O6/c1-7-9-11-27-13-15-29-22(25)18-21(17-20(3)19-24(4,5)6)23(26)30-16-14-28-12-10-8-2/h17,21H,7-16,18-19H2,1-6H3/b20-17-/t21-/m0/s1. The number of carbonyl (C=O) groups excluding carboxylic acids is 2. The highest BCUT2D eigenvalue weighted by Crippen LogP contribution is 2.25. The zero-order chi connectivity index (χ0) is 22.8. The molecule has 0 aromatic heterocycles. The molecule has 0 bridgehead atoms. The predicted octanol–water partition coefficient (Wildman–Crippen LogP) is 5.10. The molecule has 0 spiro atoms. The van der Waals surface area contributed by atoms with E-state index in [0.29, 0.717) is 26.4 Å². The van der Waals surface area contributed by atoms with Gasteiger partial charge >= 0.3 is 11.9 Å². The molecular weight excluding hydrogens is 384 g/mol. The normalized spacial score (nSPS) is 13.2. The zero-order valence-electron chi connectivity index (χ0n) is 20.1. The van der Waals surface area contributed by atoms with Crippen LogP contribution in [0.15, 0.2) is 11.6 Å². The van der Waals surface area contributed by atoms with Gasteiger partial charge in [0.1, 0.15) is 13.2 Å². The Kier molecular flexibility index (Phi) is 16.5. The van der Waals surface area contributed by atoms with Gasteiger partial charge in [0.15, 0.2) is 0 Å². The van der Waals surface area contributed by atoms with Gasteiger partial charge in [0, 0.05) is 13.2 Å². The SMILES string of the molecule is CCCCOCCOC(=O)C[C@H](/C=C(/C)CC(C)(C)C)C(=O)OCCOCCCC. The van der Waals surface area contributed by atoms with Crippen molar-refractivity contribution < 1.29 is 28.5 Å². The lowest BCUT2D eigenvalue weighted by atomic mass is 9.87. The van der Waals surface area contributed by atoms with E-state index in [1.165, 1.54) is 0 Å². The summed E-state index contributed by atoms with van der Waals surface area (Å²) in [7, 11) is 0. The van der Waals surface area contributed by atoms with Crippen LogP contribution in [-0.4, -0.2) is 51.6 Å². The van der Waals surface area contributed by atoms with Crippen molar-refractivity contribution in [2.24, 2.45) is 11.3 Å². The lowest BCUT2D eigenvalue weighted by molar-refractivity contribution is -0.155. The summed E-state index contributed by atoms with van der Waals surface area (Å²) in [6, 6.07) is 0. The fourth-order valence-electron chi connectivity index (χ4n) is 2.91. The van der Waals surface area contributed by atoms with Crippen LogP contribution in [0.3, 0.4) is 0 Å². The molecule has 0 aliphatic rings. The quantitative estimate of drug-likeness (QED) is 0.182. The van der Waals surface area contributed by atoms with Crippen molar-refractivity contribution in [3.63, 3.8) is 0 Å². The predicted molar refractivity (Wildman–Crippen MR) is 119 cm³/mol. The first-order chi connectivity index (χ1) is 14.2. The Hall–Kier alpha value is -1.40.